The molecule has 0 fully saturated rings. The topological polar surface area (TPSA) is 4.93 Å². The van der Waals surface area contributed by atoms with Crippen LogP contribution in [0.15, 0.2) is 55.1 Å². The summed E-state index contributed by atoms with van der Waals surface area (Å²) in [6.45, 7) is 0.975. The summed E-state index contributed by atoms with van der Waals surface area (Å²) in [7, 11) is 0. The monoisotopic (exact) mass is 439 g/mol. The van der Waals surface area contributed by atoms with Crippen LogP contribution in [0.4, 0.5) is 4.39 Å². The number of halogens is 3. The van der Waals surface area contributed by atoms with Crippen molar-refractivity contribution in [2.24, 2.45) is 0 Å². The zero-order valence-corrected chi connectivity index (χ0v) is 15.6. The van der Waals surface area contributed by atoms with Gasteiger partial charge >= 0.3 is 0 Å². The first kappa shape index (κ1) is 14.8. The molecule has 1 aromatic heterocycles. The van der Waals surface area contributed by atoms with Gasteiger partial charge in [-0.15, -0.1) is 0 Å². The lowest BCUT2D eigenvalue weighted by Crippen LogP contribution is -1.91. The Balaban J connectivity index is 1.91. The molecule has 0 spiro atoms. The molecule has 112 valence electrons. The molecule has 1 nitrogen and oxygen atoms in total. The second-order valence-corrected chi connectivity index (χ2v) is 8.22. The maximum atomic E-state index is 13.8. The van der Waals surface area contributed by atoms with Gasteiger partial charge in [-0.05, 0) is 65.2 Å². The van der Waals surface area contributed by atoms with Crippen molar-refractivity contribution in [3.8, 4) is 0 Å². The minimum Gasteiger partial charge on any atom is -0.343 e. The van der Waals surface area contributed by atoms with Gasteiger partial charge in [0.15, 0.2) is 0 Å². The Kier molecular flexibility index (Phi) is 3.83. The first-order chi connectivity index (χ1) is 10.6. The highest BCUT2D eigenvalue weighted by Crippen LogP contribution is 2.44. The van der Waals surface area contributed by atoms with Crippen LogP contribution in [-0.4, -0.2) is 4.57 Å². The molecule has 0 radical (unpaired) electrons. The Labute approximate surface area is 149 Å². The van der Waals surface area contributed by atoms with Gasteiger partial charge in [0, 0.05) is 36.4 Å². The third-order valence-corrected chi connectivity index (χ3v) is 6.27. The van der Waals surface area contributed by atoms with Crippen molar-refractivity contribution in [2.75, 3.05) is 0 Å². The number of rotatable bonds is 2. The number of aromatic nitrogens is 1. The van der Waals surface area contributed by atoms with Gasteiger partial charge in [0.1, 0.15) is 5.82 Å². The van der Waals surface area contributed by atoms with E-state index in [0.29, 0.717) is 0 Å². The van der Waals surface area contributed by atoms with E-state index in [4.69, 9.17) is 0 Å². The zero-order chi connectivity index (χ0) is 15.3. The molecule has 0 unspecified atom stereocenters. The third kappa shape index (κ3) is 2.43. The first-order valence-electron chi connectivity index (χ1n) is 7.07. The molecule has 3 aromatic rings. The molecular formula is C17H12Br2FNS. The van der Waals surface area contributed by atoms with E-state index in [1.165, 1.54) is 15.5 Å². The lowest BCUT2D eigenvalue weighted by Gasteiger charge is -2.05. The largest absolute Gasteiger partial charge is 0.343 e. The van der Waals surface area contributed by atoms with Crippen LogP contribution in [0.3, 0.4) is 0 Å². The quantitative estimate of drug-likeness (QED) is 0.446. The van der Waals surface area contributed by atoms with Crippen molar-refractivity contribution in [2.45, 2.75) is 29.2 Å². The fourth-order valence-electron chi connectivity index (χ4n) is 3.05. The van der Waals surface area contributed by atoms with Crippen LogP contribution >= 0.6 is 43.6 Å². The summed E-state index contributed by atoms with van der Waals surface area (Å²) >= 11 is 8.78. The fraction of sp³-hybridized carbons (Fsp3) is 0.176. The third-order valence-electron chi connectivity index (χ3n) is 3.97. The molecular weight excluding hydrogens is 429 g/mol. The van der Waals surface area contributed by atoms with Crippen molar-refractivity contribution in [1.82, 2.24) is 4.57 Å². The summed E-state index contributed by atoms with van der Waals surface area (Å²) in [5.41, 5.74) is 2.33. The van der Waals surface area contributed by atoms with E-state index in [1.54, 1.807) is 23.9 Å². The van der Waals surface area contributed by atoms with Crippen LogP contribution in [0.25, 0.3) is 10.9 Å². The highest BCUT2D eigenvalue weighted by atomic mass is 79.9. The SMILES string of the molecule is Fc1cc(Br)c2c(Sc3ccc(Br)cc3)c3n(c2c1)CCC3. The Bertz CT molecular complexity index is 871. The minimum atomic E-state index is -0.188. The number of hydrogen-bond acceptors (Lipinski definition) is 1. The van der Waals surface area contributed by atoms with Crippen LogP contribution < -0.4 is 0 Å². The number of hydrogen-bond donors (Lipinski definition) is 0. The summed E-state index contributed by atoms with van der Waals surface area (Å²) < 4.78 is 18.0. The first-order valence-corrected chi connectivity index (χ1v) is 9.47. The highest BCUT2D eigenvalue weighted by Gasteiger charge is 2.24. The molecule has 0 aliphatic carbocycles. The van der Waals surface area contributed by atoms with Gasteiger partial charge < -0.3 is 4.57 Å². The average molecular weight is 441 g/mol. The van der Waals surface area contributed by atoms with Crippen LogP contribution in [0, 0.1) is 5.82 Å². The van der Waals surface area contributed by atoms with Gasteiger partial charge in [-0.25, -0.2) is 4.39 Å². The van der Waals surface area contributed by atoms with E-state index in [0.717, 1.165) is 39.2 Å². The second kappa shape index (κ2) is 5.69. The number of benzene rings is 2. The molecule has 1 aliphatic heterocycles. The fourth-order valence-corrected chi connectivity index (χ4v) is 5.22. The molecule has 0 N–H and O–H groups in total. The normalized spacial score (nSPS) is 13.8. The van der Waals surface area contributed by atoms with Crippen molar-refractivity contribution in [3.63, 3.8) is 0 Å². The standard InChI is InChI=1S/C17H12Br2FNS/c18-10-3-5-12(6-4-10)22-17-14-2-1-7-21(14)15-9-11(20)8-13(19)16(15)17/h3-6,8-9H,1-2,7H2. The number of fused-ring (bicyclic) bond motifs is 3. The van der Waals surface area contributed by atoms with Crippen molar-refractivity contribution < 1.29 is 4.39 Å². The van der Waals surface area contributed by atoms with E-state index in [9.17, 15) is 4.39 Å². The van der Waals surface area contributed by atoms with E-state index < -0.39 is 0 Å². The molecule has 5 heteroatoms. The number of nitrogens with zero attached hydrogens (tertiary/aromatic N) is 1. The summed E-state index contributed by atoms with van der Waals surface area (Å²) in [5, 5.41) is 1.13. The lowest BCUT2D eigenvalue weighted by molar-refractivity contribution is 0.627. The molecule has 0 saturated carbocycles. The summed E-state index contributed by atoms with van der Waals surface area (Å²) in [6.07, 6.45) is 2.19. The average Bonchev–Trinajstić information content (AvgIpc) is 3.05. The summed E-state index contributed by atoms with van der Waals surface area (Å²) in [4.78, 5) is 2.45. The van der Waals surface area contributed by atoms with E-state index in [1.807, 2.05) is 0 Å². The molecule has 22 heavy (non-hydrogen) atoms. The van der Waals surface area contributed by atoms with Crippen molar-refractivity contribution >= 4 is 54.5 Å². The molecule has 0 saturated heterocycles. The van der Waals surface area contributed by atoms with Crippen LogP contribution in [0.2, 0.25) is 0 Å². The summed E-state index contributed by atoms with van der Waals surface area (Å²) in [6, 6.07) is 11.5. The Hall–Kier alpha value is -0.780. The molecule has 1 aliphatic rings. The van der Waals surface area contributed by atoms with Gasteiger partial charge in [-0.3, -0.25) is 0 Å². The minimum absolute atomic E-state index is 0.188. The van der Waals surface area contributed by atoms with Gasteiger partial charge in [0.05, 0.1) is 5.52 Å². The second-order valence-electron chi connectivity index (χ2n) is 5.37. The lowest BCUT2D eigenvalue weighted by atomic mass is 10.2. The van der Waals surface area contributed by atoms with E-state index >= 15 is 0 Å². The van der Waals surface area contributed by atoms with Crippen LogP contribution in [-0.2, 0) is 13.0 Å². The zero-order valence-electron chi connectivity index (χ0n) is 11.6. The molecule has 2 aromatic carbocycles. The van der Waals surface area contributed by atoms with Gasteiger partial charge in [0.25, 0.3) is 0 Å². The maximum Gasteiger partial charge on any atom is 0.126 e. The van der Waals surface area contributed by atoms with Crippen LogP contribution in [0.1, 0.15) is 12.1 Å². The smallest absolute Gasteiger partial charge is 0.126 e. The maximum absolute atomic E-state index is 13.8. The van der Waals surface area contributed by atoms with E-state index in [2.05, 4.69) is 60.7 Å². The molecule has 2 heterocycles. The Morgan fingerprint density at radius 2 is 1.86 bits per heavy atom. The molecule has 0 amide bonds. The van der Waals surface area contributed by atoms with Gasteiger partial charge in [-0.2, -0.15) is 0 Å². The molecule has 0 bridgehead atoms. The predicted octanol–water partition coefficient (Wildman–Crippen LogP) is 6.40. The van der Waals surface area contributed by atoms with Gasteiger partial charge in [0.2, 0.25) is 0 Å². The predicted molar refractivity (Wildman–Crippen MR) is 96.2 cm³/mol. The van der Waals surface area contributed by atoms with E-state index in [-0.39, 0.29) is 5.82 Å². The Morgan fingerprint density at radius 1 is 1.09 bits per heavy atom. The summed E-state index contributed by atoms with van der Waals surface area (Å²) in [5.74, 6) is -0.188. The highest BCUT2D eigenvalue weighted by molar-refractivity contribution is 9.11. The van der Waals surface area contributed by atoms with Crippen molar-refractivity contribution in [3.05, 3.63) is 56.9 Å². The molecule has 4 rings (SSSR count). The number of aryl methyl sites for hydroxylation is 1. The van der Waals surface area contributed by atoms with Gasteiger partial charge in [-0.1, -0.05) is 27.7 Å². The van der Waals surface area contributed by atoms with Crippen LogP contribution in [0.5, 0.6) is 0 Å². The Morgan fingerprint density at radius 3 is 2.64 bits per heavy atom. The van der Waals surface area contributed by atoms with Crippen molar-refractivity contribution in [1.29, 1.82) is 0 Å². The molecule has 0 atom stereocenters.